The average molecular weight is 392 g/mol. The van der Waals surface area contributed by atoms with Gasteiger partial charge in [0.05, 0.1) is 18.5 Å². The van der Waals surface area contributed by atoms with Crippen molar-refractivity contribution in [3.8, 4) is 11.4 Å². The lowest BCUT2D eigenvalue weighted by atomic mass is 10.3. The molecule has 0 aliphatic carbocycles. The number of carbonyl (C=O) groups excluding carboxylic acids is 1. The van der Waals surface area contributed by atoms with Crippen LogP contribution in [0.25, 0.3) is 5.69 Å². The third-order valence-electron chi connectivity index (χ3n) is 3.10. The van der Waals surface area contributed by atoms with E-state index in [0.29, 0.717) is 15.9 Å². The summed E-state index contributed by atoms with van der Waals surface area (Å²) < 4.78 is 19.4. The first-order valence-corrected chi connectivity index (χ1v) is 7.57. The molecule has 0 spiro atoms. The number of hydrogen-bond donors (Lipinski definition) is 1. The number of hydrogen-bond acceptors (Lipinski definition) is 5. The lowest BCUT2D eigenvalue weighted by molar-refractivity contribution is 0.101. The van der Waals surface area contributed by atoms with Crippen molar-refractivity contribution < 1.29 is 13.9 Å². The molecule has 0 saturated carbocycles. The summed E-state index contributed by atoms with van der Waals surface area (Å²) >= 11 is 3.15. The van der Waals surface area contributed by atoms with E-state index in [9.17, 15) is 9.18 Å². The summed E-state index contributed by atoms with van der Waals surface area (Å²) in [5.74, 6) is -0.716. The Morgan fingerprint density at radius 1 is 1.25 bits per heavy atom. The summed E-state index contributed by atoms with van der Waals surface area (Å²) in [6, 6.07) is 11.2. The Labute approximate surface area is 144 Å². The van der Waals surface area contributed by atoms with Gasteiger partial charge in [-0.1, -0.05) is 15.9 Å². The Bertz CT molecular complexity index is 882. The minimum Gasteiger partial charge on any atom is -0.497 e. The number of methoxy groups -OCH3 is 1. The van der Waals surface area contributed by atoms with Crippen molar-refractivity contribution in [2.24, 2.45) is 0 Å². The highest BCUT2D eigenvalue weighted by atomic mass is 79.9. The Morgan fingerprint density at radius 3 is 2.67 bits per heavy atom. The van der Waals surface area contributed by atoms with Crippen molar-refractivity contribution in [1.82, 2.24) is 20.2 Å². The van der Waals surface area contributed by atoms with Crippen molar-refractivity contribution in [3.05, 3.63) is 58.6 Å². The lowest BCUT2D eigenvalue weighted by Gasteiger charge is -2.04. The van der Waals surface area contributed by atoms with E-state index in [4.69, 9.17) is 4.74 Å². The molecule has 3 aromatic rings. The molecule has 3 rings (SSSR count). The Kier molecular flexibility index (Phi) is 4.52. The second-order valence-electron chi connectivity index (χ2n) is 4.68. The molecular formula is C15H11BrFN5O2. The van der Waals surface area contributed by atoms with Crippen LogP contribution in [0.2, 0.25) is 0 Å². The number of ether oxygens (including phenoxy) is 1. The number of rotatable bonds is 4. The van der Waals surface area contributed by atoms with Crippen LogP contribution in [0.4, 0.5) is 10.1 Å². The zero-order valence-corrected chi connectivity index (χ0v) is 14.0. The van der Waals surface area contributed by atoms with Crippen molar-refractivity contribution in [3.63, 3.8) is 0 Å². The summed E-state index contributed by atoms with van der Waals surface area (Å²) in [7, 11) is 1.56. The molecule has 0 atom stereocenters. The molecule has 1 aromatic heterocycles. The van der Waals surface area contributed by atoms with E-state index in [-0.39, 0.29) is 11.5 Å². The highest BCUT2D eigenvalue weighted by molar-refractivity contribution is 9.10. The van der Waals surface area contributed by atoms with Gasteiger partial charge in [-0.2, -0.15) is 0 Å². The fourth-order valence-electron chi connectivity index (χ4n) is 1.90. The van der Waals surface area contributed by atoms with Gasteiger partial charge in [0.15, 0.2) is 0 Å². The minimum atomic E-state index is -0.656. The molecule has 0 saturated heterocycles. The van der Waals surface area contributed by atoms with Gasteiger partial charge in [-0.25, -0.2) is 4.39 Å². The van der Waals surface area contributed by atoms with E-state index in [1.807, 2.05) is 0 Å². The predicted octanol–water partition coefficient (Wildman–Crippen LogP) is 2.82. The van der Waals surface area contributed by atoms with Crippen molar-refractivity contribution >= 4 is 27.5 Å². The summed E-state index contributed by atoms with van der Waals surface area (Å²) in [6.45, 7) is 0. The molecule has 2 aromatic carbocycles. The van der Waals surface area contributed by atoms with Gasteiger partial charge < -0.3 is 10.1 Å². The quantitative estimate of drug-likeness (QED) is 0.739. The second-order valence-corrected chi connectivity index (χ2v) is 5.59. The number of tetrazole rings is 1. The third-order valence-corrected chi connectivity index (χ3v) is 3.59. The standard InChI is InChI=1S/C15H11BrFN5O2/c1-24-11-5-3-10(4-6-11)22-20-14(19-21-22)15(23)18-13-7-2-9(16)8-12(13)17/h2-8H,1H3,(H,18,23). The zero-order valence-electron chi connectivity index (χ0n) is 12.4. The Morgan fingerprint density at radius 2 is 2.00 bits per heavy atom. The molecule has 0 aliphatic heterocycles. The summed E-state index contributed by atoms with van der Waals surface area (Å²) in [4.78, 5) is 13.3. The maximum absolute atomic E-state index is 13.7. The normalized spacial score (nSPS) is 10.5. The molecule has 1 amide bonds. The van der Waals surface area contributed by atoms with Crippen molar-refractivity contribution in [2.75, 3.05) is 12.4 Å². The topological polar surface area (TPSA) is 81.9 Å². The van der Waals surface area contributed by atoms with Crippen LogP contribution in [0.1, 0.15) is 10.6 Å². The van der Waals surface area contributed by atoms with Crippen LogP contribution in [0.15, 0.2) is 46.9 Å². The first-order chi connectivity index (χ1) is 11.6. The van der Waals surface area contributed by atoms with Gasteiger partial charge >= 0.3 is 0 Å². The Balaban J connectivity index is 1.77. The monoisotopic (exact) mass is 391 g/mol. The number of carbonyl (C=O) groups is 1. The van der Waals surface area contributed by atoms with E-state index < -0.39 is 11.7 Å². The molecule has 1 heterocycles. The van der Waals surface area contributed by atoms with Crippen LogP contribution < -0.4 is 10.1 Å². The highest BCUT2D eigenvalue weighted by Gasteiger charge is 2.15. The van der Waals surface area contributed by atoms with Crippen LogP contribution in [0.3, 0.4) is 0 Å². The molecule has 0 fully saturated rings. The van der Waals surface area contributed by atoms with Gasteiger partial charge in [-0.05, 0) is 47.7 Å². The number of aromatic nitrogens is 4. The van der Waals surface area contributed by atoms with E-state index in [2.05, 4.69) is 36.7 Å². The number of amides is 1. The summed E-state index contributed by atoms with van der Waals surface area (Å²) in [5.41, 5.74) is 0.640. The van der Waals surface area contributed by atoms with Crippen molar-refractivity contribution in [1.29, 1.82) is 0 Å². The molecule has 0 unspecified atom stereocenters. The van der Waals surface area contributed by atoms with Gasteiger partial charge in [0.2, 0.25) is 0 Å². The summed E-state index contributed by atoms with van der Waals surface area (Å²) in [6.07, 6.45) is 0. The van der Waals surface area contributed by atoms with Crippen molar-refractivity contribution in [2.45, 2.75) is 0 Å². The van der Waals surface area contributed by atoms with E-state index >= 15 is 0 Å². The number of nitrogens with zero attached hydrogens (tertiary/aromatic N) is 4. The van der Waals surface area contributed by atoms with E-state index in [1.165, 1.54) is 16.9 Å². The SMILES string of the molecule is COc1ccc(-n2nnc(C(=O)Nc3ccc(Br)cc3F)n2)cc1. The number of halogens is 2. The van der Waals surface area contributed by atoms with Crippen LogP contribution in [0.5, 0.6) is 5.75 Å². The first kappa shape index (κ1) is 16.1. The minimum absolute atomic E-state index is 0.0315. The zero-order chi connectivity index (χ0) is 17.1. The van der Waals surface area contributed by atoms with E-state index in [1.54, 1.807) is 37.4 Å². The van der Waals surface area contributed by atoms with Gasteiger partial charge in [0.1, 0.15) is 11.6 Å². The molecule has 9 heteroatoms. The molecular weight excluding hydrogens is 381 g/mol. The number of anilines is 1. The molecule has 122 valence electrons. The molecule has 0 aliphatic rings. The predicted molar refractivity (Wildman–Crippen MR) is 87.8 cm³/mol. The van der Waals surface area contributed by atoms with Crippen LogP contribution >= 0.6 is 15.9 Å². The summed E-state index contributed by atoms with van der Waals surface area (Å²) in [5, 5.41) is 13.9. The lowest BCUT2D eigenvalue weighted by Crippen LogP contribution is -2.15. The number of benzene rings is 2. The van der Waals surface area contributed by atoms with Gasteiger partial charge in [0.25, 0.3) is 11.7 Å². The first-order valence-electron chi connectivity index (χ1n) is 6.77. The van der Waals surface area contributed by atoms with Gasteiger partial charge in [-0.15, -0.1) is 15.0 Å². The fraction of sp³-hybridized carbons (Fsp3) is 0.0667. The molecule has 24 heavy (non-hydrogen) atoms. The number of nitrogens with one attached hydrogen (secondary N) is 1. The average Bonchev–Trinajstić information content (AvgIpc) is 3.07. The van der Waals surface area contributed by atoms with Gasteiger partial charge in [-0.3, -0.25) is 4.79 Å². The molecule has 0 bridgehead atoms. The third kappa shape index (κ3) is 3.40. The van der Waals surface area contributed by atoms with Crippen LogP contribution in [-0.4, -0.2) is 33.2 Å². The Hall–Kier alpha value is -2.81. The van der Waals surface area contributed by atoms with Crippen LogP contribution in [-0.2, 0) is 0 Å². The molecule has 1 N–H and O–H groups in total. The molecule has 7 nitrogen and oxygen atoms in total. The van der Waals surface area contributed by atoms with E-state index in [0.717, 1.165) is 0 Å². The maximum Gasteiger partial charge on any atom is 0.297 e. The van der Waals surface area contributed by atoms with Gasteiger partial charge in [0, 0.05) is 4.47 Å². The molecule has 0 radical (unpaired) electrons. The smallest absolute Gasteiger partial charge is 0.297 e. The fourth-order valence-corrected chi connectivity index (χ4v) is 2.23. The second kappa shape index (κ2) is 6.75. The largest absolute Gasteiger partial charge is 0.497 e. The van der Waals surface area contributed by atoms with Crippen LogP contribution in [0, 0.1) is 5.82 Å². The maximum atomic E-state index is 13.7. The highest BCUT2D eigenvalue weighted by Crippen LogP contribution is 2.19.